The van der Waals surface area contributed by atoms with Crippen molar-refractivity contribution < 1.29 is 28.4 Å². The summed E-state index contributed by atoms with van der Waals surface area (Å²) in [5, 5.41) is 0. The second-order valence-corrected chi connectivity index (χ2v) is 11.8. The van der Waals surface area contributed by atoms with E-state index >= 15 is 0 Å². The van der Waals surface area contributed by atoms with Crippen molar-refractivity contribution >= 4 is 0 Å². The number of rotatable bonds is 7. The molecule has 0 fully saturated rings. The van der Waals surface area contributed by atoms with Gasteiger partial charge in [-0.3, -0.25) is 4.90 Å². The van der Waals surface area contributed by atoms with E-state index in [4.69, 9.17) is 34.2 Å². The highest BCUT2D eigenvalue weighted by molar-refractivity contribution is 5.77. The normalized spacial score (nSPS) is 20.0. The monoisotopic (exact) mass is 592 g/mol. The summed E-state index contributed by atoms with van der Waals surface area (Å²) in [7, 11) is 5.03. The highest BCUT2D eigenvalue weighted by atomic mass is 16.7. The second-order valence-electron chi connectivity index (χ2n) is 11.8. The standard InChI is InChI=1S/C36H36N2O6/c1-39-29-11-10-26-27(33(29)40-2)18-42-34(26)32-31-22(16-30-35(36(31)41-3)44-19-43-30)12-13-38(32)28(17-37)21-8-9-25-23(15-21)14-20-6-4-5-7-24(20)25/h4-11,15-16,28,32,34H,12-14,17-19,37H2,1-3H3/t28?,32-,34+/m1/s1. The highest BCUT2D eigenvalue weighted by Crippen LogP contribution is 2.57. The van der Waals surface area contributed by atoms with Gasteiger partial charge in [0, 0.05) is 30.3 Å². The molecule has 8 nitrogen and oxygen atoms in total. The van der Waals surface area contributed by atoms with Gasteiger partial charge in [0.05, 0.1) is 34.0 Å². The lowest BCUT2D eigenvalue weighted by Gasteiger charge is -2.45. The fraction of sp³-hybridized carbons (Fsp3) is 0.333. The first-order valence-corrected chi connectivity index (χ1v) is 15.2. The number of hydrogen-bond acceptors (Lipinski definition) is 8. The number of fused-ring (bicyclic) bond motifs is 6. The van der Waals surface area contributed by atoms with Crippen molar-refractivity contribution in [3.8, 4) is 39.9 Å². The van der Waals surface area contributed by atoms with Crippen LogP contribution in [0.25, 0.3) is 11.1 Å². The largest absolute Gasteiger partial charge is 0.493 e. The van der Waals surface area contributed by atoms with E-state index in [9.17, 15) is 0 Å². The smallest absolute Gasteiger partial charge is 0.231 e. The maximum Gasteiger partial charge on any atom is 0.231 e. The van der Waals surface area contributed by atoms with Gasteiger partial charge >= 0.3 is 0 Å². The fourth-order valence-electron chi connectivity index (χ4n) is 7.82. The summed E-state index contributed by atoms with van der Waals surface area (Å²) in [6.07, 6.45) is 1.45. The van der Waals surface area contributed by atoms with Crippen LogP contribution in [0.5, 0.6) is 28.7 Å². The molecule has 0 amide bonds. The Kier molecular flexibility index (Phi) is 6.66. The minimum absolute atomic E-state index is 0.0508. The van der Waals surface area contributed by atoms with E-state index in [1.165, 1.54) is 33.4 Å². The molecule has 2 N–H and O–H groups in total. The first kappa shape index (κ1) is 27.3. The molecule has 0 saturated carbocycles. The quantitative estimate of drug-likeness (QED) is 0.251. The Morgan fingerprint density at radius 1 is 0.886 bits per heavy atom. The van der Waals surface area contributed by atoms with Gasteiger partial charge in [0.1, 0.15) is 6.10 Å². The number of benzene rings is 4. The third-order valence-electron chi connectivity index (χ3n) is 9.75. The van der Waals surface area contributed by atoms with Gasteiger partial charge < -0.3 is 34.2 Å². The third-order valence-corrected chi connectivity index (χ3v) is 9.75. The van der Waals surface area contributed by atoms with Crippen molar-refractivity contribution in [3.05, 3.63) is 99.6 Å². The Morgan fingerprint density at radius 3 is 2.55 bits per heavy atom. The van der Waals surface area contributed by atoms with Crippen LogP contribution in [0.15, 0.2) is 60.7 Å². The molecule has 226 valence electrons. The molecule has 4 aromatic rings. The summed E-state index contributed by atoms with van der Waals surface area (Å²) in [4.78, 5) is 2.51. The van der Waals surface area contributed by atoms with Crippen LogP contribution in [-0.2, 0) is 24.2 Å². The van der Waals surface area contributed by atoms with Crippen LogP contribution in [0, 0.1) is 0 Å². The van der Waals surface area contributed by atoms with Gasteiger partial charge in [-0.2, -0.15) is 0 Å². The van der Waals surface area contributed by atoms with Crippen LogP contribution < -0.4 is 29.4 Å². The fourth-order valence-corrected chi connectivity index (χ4v) is 7.82. The summed E-state index contributed by atoms with van der Waals surface area (Å²) in [5.74, 6) is 3.46. The molecule has 4 aromatic carbocycles. The lowest BCUT2D eigenvalue weighted by atomic mass is 9.83. The zero-order valence-corrected chi connectivity index (χ0v) is 25.2. The lowest BCUT2D eigenvalue weighted by molar-refractivity contribution is -0.0285. The van der Waals surface area contributed by atoms with Gasteiger partial charge in [-0.1, -0.05) is 48.5 Å². The van der Waals surface area contributed by atoms with Gasteiger partial charge in [-0.15, -0.1) is 0 Å². The van der Waals surface area contributed by atoms with Gasteiger partial charge in [0.15, 0.2) is 23.0 Å². The molecule has 3 heterocycles. The van der Waals surface area contributed by atoms with E-state index < -0.39 is 0 Å². The van der Waals surface area contributed by atoms with Gasteiger partial charge in [0.2, 0.25) is 12.5 Å². The number of hydrogen-bond donors (Lipinski definition) is 1. The molecule has 0 bridgehead atoms. The first-order chi connectivity index (χ1) is 21.6. The average molecular weight is 593 g/mol. The number of methoxy groups -OCH3 is 3. The van der Waals surface area contributed by atoms with E-state index in [1.807, 2.05) is 6.07 Å². The molecule has 0 radical (unpaired) electrons. The molecule has 0 saturated heterocycles. The van der Waals surface area contributed by atoms with Crippen molar-refractivity contribution in [2.45, 2.75) is 37.6 Å². The Labute approximate surface area is 257 Å². The summed E-state index contributed by atoms with van der Waals surface area (Å²) < 4.78 is 36.0. The Bertz CT molecular complexity index is 1770. The maximum atomic E-state index is 6.71. The molecule has 3 atom stereocenters. The van der Waals surface area contributed by atoms with Crippen LogP contribution in [0.4, 0.5) is 0 Å². The highest BCUT2D eigenvalue weighted by Gasteiger charge is 2.46. The SMILES string of the molecule is COc1ccc2c(c1OC)CO[C@@H]2[C@H]1c2c(cc3c(c2OC)OCO3)CCN1C(CN)c1ccc2c(c1)Cc1ccccc1-2. The van der Waals surface area contributed by atoms with E-state index in [0.29, 0.717) is 36.1 Å². The number of nitrogens with zero attached hydrogens (tertiary/aromatic N) is 1. The molecule has 44 heavy (non-hydrogen) atoms. The van der Waals surface area contributed by atoms with E-state index in [1.54, 1.807) is 21.3 Å². The Balaban J connectivity index is 1.27. The average Bonchev–Trinajstić information content (AvgIpc) is 3.80. The molecule has 8 heteroatoms. The van der Waals surface area contributed by atoms with Crippen molar-refractivity contribution in [2.24, 2.45) is 5.73 Å². The predicted molar refractivity (Wildman–Crippen MR) is 166 cm³/mol. The molecular weight excluding hydrogens is 556 g/mol. The maximum absolute atomic E-state index is 6.71. The molecule has 3 aliphatic heterocycles. The van der Waals surface area contributed by atoms with E-state index in [-0.39, 0.29) is 25.0 Å². The molecule has 1 unspecified atom stereocenters. The molecule has 8 rings (SSSR count). The Hall–Kier alpha value is -4.24. The van der Waals surface area contributed by atoms with Crippen molar-refractivity contribution in [1.29, 1.82) is 0 Å². The minimum Gasteiger partial charge on any atom is -0.493 e. The zero-order valence-electron chi connectivity index (χ0n) is 25.2. The van der Waals surface area contributed by atoms with Crippen LogP contribution in [0.1, 0.15) is 57.1 Å². The van der Waals surface area contributed by atoms with Crippen molar-refractivity contribution in [2.75, 3.05) is 41.2 Å². The van der Waals surface area contributed by atoms with E-state index in [0.717, 1.165) is 41.8 Å². The van der Waals surface area contributed by atoms with Crippen LogP contribution in [0.3, 0.4) is 0 Å². The molecule has 0 aromatic heterocycles. The van der Waals surface area contributed by atoms with Crippen molar-refractivity contribution in [1.82, 2.24) is 4.90 Å². The van der Waals surface area contributed by atoms with E-state index in [2.05, 4.69) is 59.5 Å². The lowest BCUT2D eigenvalue weighted by Crippen LogP contribution is -2.43. The van der Waals surface area contributed by atoms with Gasteiger partial charge in [0.25, 0.3) is 0 Å². The van der Waals surface area contributed by atoms with Crippen LogP contribution in [0.2, 0.25) is 0 Å². The molecule has 4 aliphatic rings. The van der Waals surface area contributed by atoms with Gasteiger partial charge in [-0.25, -0.2) is 0 Å². The zero-order chi connectivity index (χ0) is 29.9. The molecule has 1 aliphatic carbocycles. The molecular formula is C36H36N2O6. The van der Waals surface area contributed by atoms with Crippen molar-refractivity contribution in [3.63, 3.8) is 0 Å². The van der Waals surface area contributed by atoms with Crippen LogP contribution >= 0.6 is 0 Å². The predicted octanol–water partition coefficient (Wildman–Crippen LogP) is 5.88. The molecule has 0 spiro atoms. The third kappa shape index (κ3) is 4.01. The summed E-state index contributed by atoms with van der Waals surface area (Å²) in [5.41, 5.74) is 17.5. The van der Waals surface area contributed by atoms with Crippen LogP contribution in [-0.4, -0.2) is 46.1 Å². The first-order valence-electron chi connectivity index (χ1n) is 15.2. The summed E-state index contributed by atoms with van der Waals surface area (Å²) in [6.45, 7) is 1.83. The minimum atomic E-state index is -0.300. The Morgan fingerprint density at radius 2 is 1.73 bits per heavy atom. The second kappa shape index (κ2) is 10.7. The topological polar surface area (TPSA) is 84.6 Å². The number of ether oxygens (including phenoxy) is 6. The van der Waals surface area contributed by atoms with Gasteiger partial charge in [-0.05, 0) is 63.9 Å². The summed E-state index contributed by atoms with van der Waals surface area (Å²) in [6, 6.07) is 21.5. The number of nitrogens with two attached hydrogens (primary N) is 1. The summed E-state index contributed by atoms with van der Waals surface area (Å²) >= 11 is 0.